The molecule has 0 aromatic heterocycles. The van der Waals surface area contributed by atoms with Gasteiger partial charge in [0.25, 0.3) is 0 Å². The molecule has 0 spiro atoms. The summed E-state index contributed by atoms with van der Waals surface area (Å²) in [5.41, 5.74) is 8.17. The Morgan fingerprint density at radius 1 is 0.594 bits per heavy atom. The molecule has 0 heteroatoms. The molecule has 0 fully saturated rings. The monoisotopic (exact) mass is 418 g/mol. The molecule has 0 aliphatic rings. The molecule has 0 N–H and O–H groups in total. The van der Waals surface area contributed by atoms with Gasteiger partial charge in [-0.15, -0.1) is 0 Å². The molecule has 0 radical (unpaired) electrons. The number of benzene rings is 4. The summed E-state index contributed by atoms with van der Waals surface area (Å²) in [6, 6.07) is 40.1. The van der Waals surface area contributed by atoms with Gasteiger partial charge in [0.15, 0.2) is 0 Å². The van der Waals surface area contributed by atoms with E-state index < -0.39 is 0 Å². The third-order valence-corrected chi connectivity index (χ3v) is 7.04. The van der Waals surface area contributed by atoms with Crippen molar-refractivity contribution in [1.82, 2.24) is 0 Å². The van der Waals surface area contributed by atoms with Crippen LogP contribution < -0.4 is 0 Å². The van der Waals surface area contributed by atoms with Crippen LogP contribution >= 0.6 is 0 Å². The molecule has 0 bridgehead atoms. The van der Waals surface area contributed by atoms with Crippen molar-refractivity contribution in [3.05, 3.63) is 131 Å². The standard InChI is InChI=1S/C32H34/c1-4-13-31(26-14-8-6-9-15-26)28-17-12-16-27(24-28)25-20-22-30(23-21-25)32(3,5-2)29-18-10-7-11-19-29/h6-12,14-24,31H,4-5,13H2,1-3H3. The molecule has 0 heterocycles. The highest BCUT2D eigenvalue weighted by Crippen LogP contribution is 2.37. The maximum atomic E-state index is 2.39. The van der Waals surface area contributed by atoms with Crippen LogP contribution in [0.4, 0.5) is 0 Å². The molecular formula is C32H34. The van der Waals surface area contributed by atoms with E-state index in [1.54, 1.807) is 0 Å². The van der Waals surface area contributed by atoms with Crippen molar-refractivity contribution < 1.29 is 0 Å². The summed E-state index contributed by atoms with van der Waals surface area (Å²) in [7, 11) is 0. The van der Waals surface area contributed by atoms with Crippen LogP contribution in [0.3, 0.4) is 0 Å². The van der Waals surface area contributed by atoms with Gasteiger partial charge in [0.2, 0.25) is 0 Å². The maximum absolute atomic E-state index is 2.39. The van der Waals surface area contributed by atoms with Crippen LogP contribution in [0.2, 0.25) is 0 Å². The van der Waals surface area contributed by atoms with E-state index >= 15 is 0 Å². The van der Waals surface area contributed by atoms with E-state index in [1.165, 1.54) is 46.2 Å². The van der Waals surface area contributed by atoms with Gasteiger partial charge in [-0.3, -0.25) is 0 Å². The quantitative estimate of drug-likeness (QED) is 0.268. The number of rotatable bonds is 8. The Morgan fingerprint density at radius 3 is 1.81 bits per heavy atom. The number of hydrogen-bond acceptors (Lipinski definition) is 0. The first-order valence-corrected chi connectivity index (χ1v) is 12.0. The molecule has 2 unspecified atom stereocenters. The second-order valence-electron chi connectivity index (χ2n) is 9.01. The largest absolute Gasteiger partial charge is 0.0653 e. The van der Waals surface area contributed by atoms with Crippen molar-refractivity contribution in [3.8, 4) is 11.1 Å². The first-order chi connectivity index (χ1) is 15.7. The van der Waals surface area contributed by atoms with E-state index in [2.05, 4.69) is 130 Å². The molecule has 4 rings (SSSR count). The Balaban J connectivity index is 1.65. The highest BCUT2D eigenvalue weighted by Gasteiger charge is 2.26. The minimum Gasteiger partial charge on any atom is -0.0653 e. The second-order valence-corrected chi connectivity index (χ2v) is 9.01. The molecule has 0 amide bonds. The first-order valence-electron chi connectivity index (χ1n) is 12.0. The lowest BCUT2D eigenvalue weighted by Crippen LogP contribution is -2.22. The van der Waals surface area contributed by atoms with E-state index in [-0.39, 0.29) is 5.41 Å². The van der Waals surface area contributed by atoms with Gasteiger partial charge < -0.3 is 0 Å². The van der Waals surface area contributed by atoms with E-state index in [9.17, 15) is 0 Å². The molecule has 2 atom stereocenters. The Kier molecular flexibility index (Phi) is 6.90. The summed E-state index contributed by atoms with van der Waals surface area (Å²) < 4.78 is 0. The van der Waals surface area contributed by atoms with Crippen LogP contribution in [0, 0.1) is 0 Å². The van der Waals surface area contributed by atoms with Crippen molar-refractivity contribution in [3.63, 3.8) is 0 Å². The fourth-order valence-corrected chi connectivity index (χ4v) is 4.85. The van der Waals surface area contributed by atoms with Gasteiger partial charge >= 0.3 is 0 Å². The van der Waals surface area contributed by atoms with Gasteiger partial charge in [-0.2, -0.15) is 0 Å². The summed E-state index contributed by atoms with van der Waals surface area (Å²) in [6.45, 7) is 6.91. The molecule has 0 aliphatic carbocycles. The number of hydrogen-bond donors (Lipinski definition) is 0. The fraction of sp³-hybridized carbons (Fsp3) is 0.250. The predicted molar refractivity (Wildman–Crippen MR) is 138 cm³/mol. The maximum Gasteiger partial charge on any atom is 0.0172 e. The van der Waals surface area contributed by atoms with Gasteiger partial charge in [0, 0.05) is 11.3 Å². The van der Waals surface area contributed by atoms with E-state index in [0.29, 0.717) is 5.92 Å². The predicted octanol–water partition coefficient (Wildman–Crippen LogP) is 9.00. The Labute approximate surface area is 194 Å². The van der Waals surface area contributed by atoms with E-state index in [0.717, 1.165) is 6.42 Å². The Morgan fingerprint density at radius 2 is 1.19 bits per heavy atom. The summed E-state index contributed by atoms with van der Waals surface area (Å²) in [5, 5.41) is 0. The summed E-state index contributed by atoms with van der Waals surface area (Å²) in [4.78, 5) is 0. The summed E-state index contributed by atoms with van der Waals surface area (Å²) in [5.74, 6) is 0.446. The molecule has 162 valence electrons. The smallest absolute Gasteiger partial charge is 0.0172 e. The highest BCUT2D eigenvalue weighted by atomic mass is 14.3. The van der Waals surface area contributed by atoms with E-state index in [1.807, 2.05) is 0 Å². The molecule has 32 heavy (non-hydrogen) atoms. The zero-order valence-electron chi connectivity index (χ0n) is 19.6. The van der Waals surface area contributed by atoms with Crippen LogP contribution in [0.1, 0.15) is 68.2 Å². The van der Waals surface area contributed by atoms with Crippen LogP contribution in [-0.2, 0) is 5.41 Å². The summed E-state index contributed by atoms with van der Waals surface area (Å²) >= 11 is 0. The zero-order chi connectivity index (χ0) is 22.4. The average molecular weight is 419 g/mol. The third-order valence-electron chi connectivity index (χ3n) is 7.04. The summed E-state index contributed by atoms with van der Waals surface area (Å²) in [6.07, 6.45) is 3.41. The molecule has 0 saturated carbocycles. The van der Waals surface area contributed by atoms with Crippen LogP contribution in [0.5, 0.6) is 0 Å². The minimum atomic E-state index is 0.0289. The van der Waals surface area contributed by atoms with Gasteiger partial charge in [0.05, 0.1) is 0 Å². The SMILES string of the molecule is CCCC(c1ccccc1)c1cccc(-c2ccc(C(C)(CC)c3ccccc3)cc2)c1. The lowest BCUT2D eigenvalue weighted by atomic mass is 9.74. The third kappa shape index (κ3) is 4.55. The lowest BCUT2D eigenvalue weighted by Gasteiger charge is -2.30. The molecule has 0 aliphatic heterocycles. The fourth-order valence-electron chi connectivity index (χ4n) is 4.85. The van der Waals surface area contributed by atoms with Crippen molar-refractivity contribution in [2.24, 2.45) is 0 Å². The van der Waals surface area contributed by atoms with Crippen molar-refractivity contribution in [2.45, 2.75) is 51.4 Å². The topological polar surface area (TPSA) is 0 Å². The zero-order valence-corrected chi connectivity index (χ0v) is 19.6. The van der Waals surface area contributed by atoms with Gasteiger partial charge in [0.1, 0.15) is 0 Å². The van der Waals surface area contributed by atoms with E-state index in [4.69, 9.17) is 0 Å². The average Bonchev–Trinajstić information content (AvgIpc) is 2.88. The second kappa shape index (κ2) is 10.0. The molecule has 4 aromatic rings. The van der Waals surface area contributed by atoms with Crippen LogP contribution in [0.15, 0.2) is 109 Å². The lowest BCUT2D eigenvalue weighted by molar-refractivity contribution is 0.550. The van der Waals surface area contributed by atoms with Gasteiger partial charge in [-0.1, -0.05) is 136 Å². The van der Waals surface area contributed by atoms with Crippen LogP contribution in [-0.4, -0.2) is 0 Å². The first kappa shape index (κ1) is 22.1. The molecular weight excluding hydrogens is 384 g/mol. The van der Waals surface area contributed by atoms with Gasteiger partial charge in [-0.05, 0) is 46.2 Å². The van der Waals surface area contributed by atoms with Crippen molar-refractivity contribution in [2.75, 3.05) is 0 Å². The minimum absolute atomic E-state index is 0.0289. The van der Waals surface area contributed by atoms with Gasteiger partial charge in [-0.25, -0.2) is 0 Å². The van der Waals surface area contributed by atoms with Crippen molar-refractivity contribution >= 4 is 0 Å². The van der Waals surface area contributed by atoms with Crippen LogP contribution in [0.25, 0.3) is 11.1 Å². The normalized spacial score (nSPS) is 14.0. The molecule has 4 aromatic carbocycles. The highest BCUT2D eigenvalue weighted by molar-refractivity contribution is 5.65. The molecule has 0 nitrogen and oxygen atoms in total. The van der Waals surface area contributed by atoms with Crippen molar-refractivity contribution in [1.29, 1.82) is 0 Å². The Bertz CT molecular complexity index is 1110. The Hall–Kier alpha value is -3.12. The molecule has 0 saturated heterocycles.